The number of thiophene rings is 1. The van der Waals surface area contributed by atoms with Gasteiger partial charge in [-0.15, -0.1) is 22.4 Å². The van der Waals surface area contributed by atoms with E-state index in [-0.39, 0.29) is 19.4 Å². The Morgan fingerprint density at radius 3 is 2.57 bits per heavy atom. The predicted octanol–water partition coefficient (Wildman–Crippen LogP) is 7.29. The number of pyridine rings is 1. The van der Waals surface area contributed by atoms with Gasteiger partial charge in [-0.1, -0.05) is 24.1 Å². The Bertz CT molecular complexity index is 1510. The lowest BCUT2D eigenvalue weighted by Gasteiger charge is -2.12. The van der Waals surface area contributed by atoms with Crippen molar-refractivity contribution in [3.8, 4) is 34.5 Å². The summed E-state index contributed by atoms with van der Waals surface area (Å²) in [5, 5.41) is 15.1. The van der Waals surface area contributed by atoms with Crippen molar-refractivity contribution in [3.63, 3.8) is 0 Å². The molecule has 0 bridgehead atoms. The van der Waals surface area contributed by atoms with Gasteiger partial charge < -0.3 is 9.47 Å². The molecule has 6 nitrogen and oxygen atoms in total. The van der Waals surface area contributed by atoms with Crippen LogP contribution in [-0.4, -0.2) is 24.4 Å². The highest BCUT2D eigenvalue weighted by molar-refractivity contribution is 7.59. The van der Waals surface area contributed by atoms with Gasteiger partial charge in [-0.05, 0) is 66.1 Å². The van der Waals surface area contributed by atoms with E-state index in [1.807, 2.05) is 31.3 Å². The van der Waals surface area contributed by atoms with E-state index in [9.17, 15) is 0 Å². The fourth-order valence-electron chi connectivity index (χ4n) is 4.28. The number of hydrogen-bond donors (Lipinski definition) is 0. The molecule has 0 amide bonds. The molecule has 8 heteroatoms. The molecule has 0 spiro atoms. The van der Waals surface area contributed by atoms with Crippen molar-refractivity contribution in [1.29, 1.82) is 0 Å². The van der Waals surface area contributed by atoms with E-state index in [4.69, 9.17) is 9.47 Å². The largest absolute Gasteiger partial charge is 0.497 e. The van der Waals surface area contributed by atoms with Crippen molar-refractivity contribution in [1.82, 2.24) is 4.98 Å². The predicted molar refractivity (Wildman–Crippen MR) is 155 cm³/mol. The summed E-state index contributed by atoms with van der Waals surface area (Å²) in [6.45, 7) is 4.96. The highest BCUT2D eigenvalue weighted by Gasteiger charge is 2.15. The van der Waals surface area contributed by atoms with Gasteiger partial charge >= 0.3 is 0 Å². The van der Waals surface area contributed by atoms with Crippen LogP contribution in [0.1, 0.15) is 36.0 Å². The molecule has 5 rings (SSSR count). The number of aryl methyl sites for hydroxylation is 1. The normalized spacial score (nSPS) is 12.9. The van der Waals surface area contributed by atoms with Gasteiger partial charge in [0.25, 0.3) is 0 Å². The zero-order valence-corrected chi connectivity index (χ0v) is 22.8. The lowest BCUT2D eigenvalue weighted by Crippen LogP contribution is -2.07. The monoisotopic (exact) mass is 528 g/mol. The molecule has 0 radical (unpaired) electrons. The first kappa shape index (κ1) is 26.4. The summed E-state index contributed by atoms with van der Waals surface area (Å²) in [5.74, 6) is 8.04. The minimum atomic E-state index is 0. The van der Waals surface area contributed by atoms with Crippen LogP contribution in [0.15, 0.2) is 75.5 Å². The molecular weight excluding hydrogens is 500 g/mol. The van der Waals surface area contributed by atoms with Gasteiger partial charge in [0.1, 0.15) is 29.5 Å². The van der Waals surface area contributed by atoms with Crippen LogP contribution in [0.3, 0.4) is 0 Å². The highest BCUT2D eigenvalue weighted by Crippen LogP contribution is 2.36. The Hall–Kier alpha value is -3.67. The zero-order valence-electron chi connectivity index (χ0n) is 21.0. The molecule has 37 heavy (non-hydrogen) atoms. The van der Waals surface area contributed by atoms with E-state index in [0.29, 0.717) is 13.2 Å². The fourth-order valence-corrected chi connectivity index (χ4v) is 5.18. The lowest BCUT2D eigenvalue weighted by atomic mass is 9.94. The SMILES string of the molecule is CC#C[C@@H](CC1=NN=NC1)c1ccc(OCc2cnc3scc(-c4ccc(OC)cc4C)c3c2)cc1.S. The summed E-state index contributed by atoms with van der Waals surface area (Å²) in [7, 11) is 1.69. The van der Waals surface area contributed by atoms with Crippen molar-refractivity contribution in [2.24, 2.45) is 15.4 Å². The van der Waals surface area contributed by atoms with Gasteiger partial charge in [0.05, 0.1) is 18.7 Å². The van der Waals surface area contributed by atoms with E-state index in [2.05, 4.69) is 74.9 Å². The van der Waals surface area contributed by atoms with Crippen molar-refractivity contribution in [2.75, 3.05) is 13.7 Å². The molecule has 0 N–H and O–H groups in total. The number of methoxy groups -OCH3 is 1. The van der Waals surface area contributed by atoms with E-state index in [1.165, 1.54) is 16.7 Å². The molecule has 0 fully saturated rings. The maximum atomic E-state index is 6.10. The molecule has 0 saturated carbocycles. The first-order valence-corrected chi connectivity index (χ1v) is 12.6. The van der Waals surface area contributed by atoms with Crippen LogP contribution in [0.5, 0.6) is 11.5 Å². The number of ether oxygens (including phenoxy) is 2. The van der Waals surface area contributed by atoms with Gasteiger partial charge in [0.15, 0.2) is 0 Å². The Morgan fingerprint density at radius 2 is 1.86 bits per heavy atom. The second-order valence-electron chi connectivity index (χ2n) is 8.59. The molecule has 1 atom stereocenters. The standard InChI is InChI=1S/C29H26N4O2S.H2S/c1-4-5-22(14-23-16-31-33-32-23)21-6-8-24(9-7-21)35-17-20-13-27-28(18-36-29(27)30-15-20)26-11-10-25(34-3)12-19(26)2;/h6-13,15,18,22H,14,16-17H2,1-3H3;1H2/t22-;/m0./s1. The molecule has 0 unspecified atom stereocenters. The third-order valence-electron chi connectivity index (χ3n) is 6.16. The molecule has 2 aromatic heterocycles. The van der Waals surface area contributed by atoms with Gasteiger partial charge in [-0.25, -0.2) is 4.98 Å². The summed E-state index contributed by atoms with van der Waals surface area (Å²) in [4.78, 5) is 5.70. The quantitative estimate of drug-likeness (QED) is 0.226. The Balaban J connectivity index is 0.00000320. The maximum Gasteiger partial charge on any atom is 0.123 e. The number of aromatic nitrogens is 1. The smallest absolute Gasteiger partial charge is 0.123 e. The van der Waals surface area contributed by atoms with Crippen molar-refractivity contribution in [2.45, 2.75) is 32.8 Å². The molecule has 4 aromatic rings. The number of rotatable bonds is 8. The molecule has 188 valence electrons. The van der Waals surface area contributed by atoms with Crippen LogP contribution in [0.25, 0.3) is 21.3 Å². The third kappa shape index (κ3) is 6.01. The van der Waals surface area contributed by atoms with Crippen LogP contribution in [-0.2, 0) is 6.61 Å². The summed E-state index contributed by atoms with van der Waals surface area (Å²) < 4.78 is 11.5. The van der Waals surface area contributed by atoms with Crippen molar-refractivity contribution < 1.29 is 9.47 Å². The maximum absolute atomic E-state index is 6.10. The fraction of sp³-hybridized carbons (Fsp3) is 0.241. The van der Waals surface area contributed by atoms with Crippen LogP contribution in [0.4, 0.5) is 0 Å². The van der Waals surface area contributed by atoms with Crippen molar-refractivity contribution in [3.05, 3.63) is 76.8 Å². The number of benzene rings is 2. The van der Waals surface area contributed by atoms with Crippen LogP contribution in [0, 0.1) is 18.8 Å². The number of fused-ring (bicyclic) bond motifs is 1. The Morgan fingerprint density at radius 1 is 1.05 bits per heavy atom. The van der Waals surface area contributed by atoms with E-state index < -0.39 is 0 Å². The lowest BCUT2D eigenvalue weighted by molar-refractivity contribution is 0.306. The van der Waals surface area contributed by atoms with Gasteiger partial charge in [0.2, 0.25) is 0 Å². The van der Waals surface area contributed by atoms with Gasteiger partial charge in [-0.2, -0.15) is 18.6 Å². The minimum absolute atomic E-state index is 0. The molecule has 2 aromatic carbocycles. The summed E-state index contributed by atoms with van der Waals surface area (Å²) in [5.41, 5.74) is 6.66. The highest BCUT2D eigenvalue weighted by atomic mass is 32.1. The van der Waals surface area contributed by atoms with Crippen LogP contribution >= 0.6 is 24.8 Å². The van der Waals surface area contributed by atoms with E-state index in [0.717, 1.165) is 45.0 Å². The number of nitrogens with zero attached hydrogens (tertiary/aromatic N) is 4. The molecule has 0 aliphatic carbocycles. The summed E-state index contributed by atoms with van der Waals surface area (Å²) >= 11 is 1.66. The van der Waals surface area contributed by atoms with E-state index >= 15 is 0 Å². The van der Waals surface area contributed by atoms with E-state index in [1.54, 1.807) is 18.4 Å². The Labute approximate surface area is 227 Å². The molecule has 0 saturated heterocycles. The zero-order chi connectivity index (χ0) is 24.9. The minimum Gasteiger partial charge on any atom is -0.497 e. The first-order valence-electron chi connectivity index (χ1n) is 11.7. The topological polar surface area (TPSA) is 68.4 Å². The third-order valence-corrected chi connectivity index (χ3v) is 7.06. The van der Waals surface area contributed by atoms with Crippen molar-refractivity contribution >= 4 is 40.8 Å². The second-order valence-corrected chi connectivity index (χ2v) is 9.45. The average molecular weight is 529 g/mol. The first-order chi connectivity index (χ1) is 17.6. The van der Waals surface area contributed by atoms with Gasteiger partial charge in [-0.3, -0.25) is 0 Å². The second kappa shape index (κ2) is 12.0. The number of hydrogen-bond acceptors (Lipinski definition) is 7. The summed E-state index contributed by atoms with van der Waals surface area (Å²) in [6.07, 6.45) is 2.62. The summed E-state index contributed by atoms with van der Waals surface area (Å²) in [6, 6.07) is 16.5. The molecule has 1 aliphatic rings. The van der Waals surface area contributed by atoms with Crippen LogP contribution < -0.4 is 9.47 Å². The molecule has 1 aliphatic heterocycles. The average Bonchev–Trinajstić information content (AvgIpc) is 3.57. The Kier molecular flexibility index (Phi) is 8.59. The van der Waals surface area contributed by atoms with Crippen LogP contribution in [0.2, 0.25) is 0 Å². The van der Waals surface area contributed by atoms with Gasteiger partial charge in [0, 0.05) is 34.5 Å². The molecular formula is C29H28N4O2S2. The molecule has 3 heterocycles.